The lowest BCUT2D eigenvalue weighted by atomic mass is 10.2. The van der Waals surface area contributed by atoms with Crippen LogP contribution in [0.4, 0.5) is 13.2 Å². The number of rotatable bonds is 6. The van der Waals surface area contributed by atoms with Gasteiger partial charge in [0.1, 0.15) is 17.5 Å². The van der Waals surface area contributed by atoms with E-state index in [0.29, 0.717) is 18.6 Å². The topological polar surface area (TPSA) is 66.4 Å². The predicted octanol–water partition coefficient (Wildman–Crippen LogP) is 1.54. The number of hydrogen-bond acceptors (Lipinski definition) is 3. The summed E-state index contributed by atoms with van der Waals surface area (Å²) in [5, 5.41) is 8.75. The van der Waals surface area contributed by atoms with Gasteiger partial charge in [-0.15, -0.1) is 0 Å². The van der Waals surface area contributed by atoms with Crippen LogP contribution < -0.4 is 4.72 Å². The Morgan fingerprint density at radius 2 is 1.79 bits per heavy atom. The first-order valence-electron chi connectivity index (χ1n) is 5.59. The Labute approximate surface area is 109 Å². The van der Waals surface area contributed by atoms with E-state index in [9.17, 15) is 21.6 Å². The highest BCUT2D eigenvalue weighted by Crippen LogP contribution is 2.20. The third kappa shape index (κ3) is 3.92. The smallest absolute Gasteiger partial charge is 0.246 e. The van der Waals surface area contributed by atoms with E-state index in [1.54, 1.807) is 6.92 Å². The number of sulfonamides is 1. The highest BCUT2D eigenvalue weighted by atomic mass is 32.2. The van der Waals surface area contributed by atoms with Crippen molar-refractivity contribution < 1.29 is 26.7 Å². The van der Waals surface area contributed by atoms with Gasteiger partial charge < -0.3 is 5.11 Å². The molecule has 2 N–H and O–H groups in total. The molecular weight excluding hydrogens is 283 g/mol. The minimum Gasteiger partial charge on any atom is -0.396 e. The average Bonchev–Trinajstić information content (AvgIpc) is 2.25. The van der Waals surface area contributed by atoms with E-state index in [-0.39, 0.29) is 13.0 Å². The van der Waals surface area contributed by atoms with Crippen molar-refractivity contribution in [2.45, 2.75) is 30.7 Å². The van der Waals surface area contributed by atoms with Crippen LogP contribution in [0.5, 0.6) is 0 Å². The summed E-state index contributed by atoms with van der Waals surface area (Å²) >= 11 is 0. The standard InChI is InChI=1S/C11H14F3NO3S/c1-2-8(3-4-16)15-19(17,18)11-9(13)5-7(12)6-10(11)14/h5-6,8,15-16H,2-4H2,1H3. The fourth-order valence-electron chi connectivity index (χ4n) is 1.57. The summed E-state index contributed by atoms with van der Waals surface area (Å²) in [7, 11) is -4.45. The number of halogens is 3. The summed E-state index contributed by atoms with van der Waals surface area (Å²) in [5.41, 5.74) is 0. The lowest BCUT2D eigenvalue weighted by Gasteiger charge is -2.16. The molecule has 0 saturated heterocycles. The zero-order valence-electron chi connectivity index (χ0n) is 10.2. The Hall–Kier alpha value is -1.12. The lowest BCUT2D eigenvalue weighted by Crippen LogP contribution is -2.36. The monoisotopic (exact) mass is 297 g/mol. The van der Waals surface area contributed by atoms with Gasteiger partial charge in [0, 0.05) is 24.8 Å². The molecule has 0 bridgehead atoms. The van der Waals surface area contributed by atoms with E-state index >= 15 is 0 Å². The Balaban J connectivity index is 3.14. The minimum atomic E-state index is -4.45. The zero-order chi connectivity index (χ0) is 14.6. The van der Waals surface area contributed by atoms with Gasteiger partial charge in [-0.3, -0.25) is 0 Å². The average molecular weight is 297 g/mol. The van der Waals surface area contributed by atoms with E-state index in [1.165, 1.54) is 0 Å². The van der Waals surface area contributed by atoms with Crippen LogP contribution >= 0.6 is 0 Å². The summed E-state index contributed by atoms with van der Waals surface area (Å²) in [6.07, 6.45) is 0.449. The summed E-state index contributed by atoms with van der Waals surface area (Å²) < 4.78 is 65.3. The molecule has 0 spiro atoms. The van der Waals surface area contributed by atoms with Crippen molar-refractivity contribution >= 4 is 10.0 Å². The van der Waals surface area contributed by atoms with Crippen LogP contribution in [0.25, 0.3) is 0 Å². The van der Waals surface area contributed by atoms with Crippen molar-refractivity contribution in [1.82, 2.24) is 4.72 Å². The van der Waals surface area contributed by atoms with Gasteiger partial charge >= 0.3 is 0 Å². The second-order valence-electron chi connectivity index (χ2n) is 3.94. The Bertz CT molecular complexity index is 525. The normalized spacial score (nSPS) is 13.5. The molecule has 1 atom stereocenters. The first kappa shape index (κ1) is 15.9. The van der Waals surface area contributed by atoms with Crippen LogP contribution in [0.15, 0.2) is 17.0 Å². The van der Waals surface area contributed by atoms with E-state index in [1.807, 2.05) is 0 Å². The molecule has 0 heterocycles. The second-order valence-corrected chi connectivity index (χ2v) is 5.59. The molecule has 0 amide bonds. The molecule has 1 unspecified atom stereocenters. The molecule has 0 aliphatic rings. The van der Waals surface area contributed by atoms with Crippen molar-refractivity contribution in [3.05, 3.63) is 29.6 Å². The van der Waals surface area contributed by atoms with E-state index in [4.69, 9.17) is 5.11 Å². The Kier molecular flexibility index (Phi) is 5.33. The van der Waals surface area contributed by atoms with Gasteiger partial charge in [-0.25, -0.2) is 26.3 Å². The van der Waals surface area contributed by atoms with E-state index < -0.39 is 38.4 Å². The summed E-state index contributed by atoms with van der Waals surface area (Å²) in [4.78, 5) is -1.22. The van der Waals surface area contributed by atoms with Gasteiger partial charge in [0.2, 0.25) is 10.0 Å². The van der Waals surface area contributed by atoms with Crippen LogP contribution in [-0.4, -0.2) is 26.2 Å². The van der Waals surface area contributed by atoms with Gasteiger partial charge in [0.25, 0.3) is 0 Å². The minimum absolute atomic E-state index is 0.111. The molecule has 0 aliphatic carbocycles. The second kappa shape index (κ2) is 6.36. The molecule has 108 valence electrons. The molecule has 1 aromatic carbocycles. The highest BCUT2D eigenvalue weighted by Gasteiger charge is 2.27. The molecule has 0 saturated carbocycles. The van der Waals surface area contributed by atoms with Crippen LogP contribution in [0, 0.1) is 17.5 Å². The molecule has 0 aliphatic heterocycles. The zero-order valence-corrected chi connectivity index (χ0v) is 11.0. The van der Waals surface area contributed by atoms with Crippen molar-refractivity contribution in [2.24, 2.45) is 0 Å². The third-order valence-corrected chi connectivity index (χ3v) is 4.10. The van der Waals surface area contributed by atoms with Crippen LogP contribution in [0.2, 0.25) is 0 Å². The third-order valence-electron chi connectivity index (χ3n) is 2.52. The molecule has 1 rings (SSSR count). The number of aliphatic hydroxyl groups is 1. The summed E-state index contributed by atoms with van der Waals surface area (Å²) in [6, 6.07) is -0.0613. The molecule has 19 heavy (non-hydrogen) atoms. The van der Waals surface area contributed by atoms with Gasteiger partial charge in [-0.2, -0.15) is 0 Å². The number of nitrogens with one attached hydrogen (secondary N) is 1. The van der Waals surface area contributed by atoms with Crippen LogP contribution in [-0.2, 0) is 10.0 Å². The molecule has 0 aromatic heterocycles. The number of benzene rings is 1. The van der Waals surface area contributed by atoms with Crippen LogP contribution in [0.1, 0.15) is 19.8 Å². The maximum Gasteiger partial charge on any atom is 0.246 e. The summed E-state index contributed by atoms with van der Waals surface area (Å²) in [6.45, 7) is 1.38. The molecular formula is C11H14F3NO3S. The number of aliphatic hydroxyl groups excluding tert-OH is 1. The Morgan fingerprint density at radius 1 is 1.26 bits per heavy atom. The lowest BCUT2D eigenvalue weighted by molar-refractivity contribution is 0.270. The van der Waals surface area contributed by atoms with E-state index in [0.717, 1.165) is 0 Å². The maximum atomic E-state index is 13.4. The quantitative estimate of drug-likeness (QED) is 0.837. The van der Waals surface area contributed by atoms with Crippen molar-refractivity contribution in [3.8, 4) is 0 Å². The van der Waals surface area contributed by atoms with Gasteiger partial charge in [0.05, 0.1) is 0 Å². The van der Waals surface area contributed by atoms with E-state index in [2.05, 4.69) is 4.72 Å². The SMILES string of the molecule is CCC(CCO)NS(=O)(=O)c1c(F)cc(F)cc1F. The van der Waals surface area contributed by atoms with Gasteiger partial charge in [-0.1, -0.05) is 6.92 Å². The largest absolute Gasteiger partial charge is 0.396 e. The molecule has 0 radical (unpaired) electrons. The van der Waals surface area contributed by atoms with Gasteiger partial charge in [0.15, 0.2) is 4.90 Å². The van der Waals surface area contributed by atoms with Crippen molar-refractivity contribution in [3.63, 3.8) is 0 Å². The number of hydrogen-bond donors (Lipinski definition) is 2. The fraction of sp³-hybridized carbons (Fsp3) is 0.455. The molecule has 8 heteroatoms. The van der Waals surface area contributed by atoms with Crippen molar-refractivity contribution in [1.29, 1.82) is 0 Å². The first-order valence-corrected chi connectivity index (χ1v) is 7.07. The molecule has 1 aromatic rings. The summed E-state index contributed by atoms with van der Waals surface area (Å²) in [5.74, 6) is -4.19. The highest BCUT2D eigenvalue weighted by molar-refractivity contribution is 7.89. The predicted molar refractivity (Wildman–Crippen MR) is 62.4 cm³/mol. The van der Waals surface area contributed by atoms with Crippen molar-refractivity contribution in [2.75, 3.05) is 6.61 Å². The maximum absolute atomic E-state index is 13.4. The molecule has 0 fully saturated rings. The first-order chi connectivity index (χ1) is 8.81. The molecule has 4 nitrogen and oxygen atoms in total. The fourth-order valence-corrected chi connectivity index (χ4v) is 3.04. The van der Waals surface area contributed by atoms with Gasteiger partial charge in [-0.05, 0) is 12.8 Å². The van der Waals surface area contributed by atoms with Crippen LogP contribution in [0.3, 0.4) is 0 Å². The Morgan fingerprint density at radius 3 is 2.21 bits per heavy atom.